The number of carbonyl (C=O) groups is 1. The Kier molecular flexibility index (Phi) is 7.46. The van der Waals surface area contributed by atoms with Crippen molar-refractivity contribution >= 4 is 16.8 Å². The maximum atomic E-state index is 13.6. The molecule has 2 aromatic carbocycles. The van der Waals surface area contributed by atoms with E-state index in [9.17, 15) is 9.18 Å². The van der Waals surface area contributed by atoms with E-state index in [0.29, 0.717) is 0 Å². The van der Waals surface area contributed by atoms with E-state index in [2.05, 4.69) is 53.6 Å². The van der Waals surface area contributed by atoms with Gasteiger partial charge in [0.25, 0.3) is 5.91 Å². The van der Waals surface area contributed by atoms with E-state index < -0.39 is 0 Å². The molecule has 0 N–H and O–H groups in total. The van der Waals surface area contributed by atoms with Crippen molar-refractivity contribution in [3.63, 3.8) is 0 Å². The lowest BCUT2D eigenvalue weighted by atomic mass is 10.1. The molecular weight excluding hydrogens is 415 g/mol. The molecule has 0 radical (unpaired) electrons. The van der Waals surface area contributed by atoms with Crippen LogP contribution in [-0.4, -0.2) is 78.5 Å². The molecule has 1 fully saturated rings. The van der Waals surface area contributed by atoms with Crippen LogP contribution in [0.2, 0.25) is 0 Å². The number of para-hydroxylation sites is 1. The van der Waals surface area contributed by atoms with Gasteiger partial charge in [-0.15, -0.1) is 0 Å². The van der Waals surface area contributed by atoms with Gasteiger partial charge in [0.15, 0.2) is 0 Å². The number of aryl methyl sites for hydroxylation is 1. The second-order valence-electron chi connectivity index (χ2n) is 9.30. The quantitative estimate of drug-likeness (QED) is 0.519. The van der Waals surface area contributed by atoms with E-state index in [1.54, 1.807) is 12.1 Å². The molecule has 0 aliphatic carbocycles. The highest BCUT2D eigenvalue weighted by Gasteiger charge is 2.27. The topological polar surface area (TPSA) is 31.7 Å². The summed E-state index contributed by atoms with van der Waals surface area (Å²) in [6, 6.07) is 15.1. The van der Waals surface area contributed by atoms with Gasteiger partial charge in [0, 0.05) is 55.9 Å². The first-order valence-corrected chi connectivity index (χ1v) is 11.9. The van der Waals surface area contributed by atoms with Gasteiger partial charge in [-0.05, 0) is 64.2 Å². The minimum Gasteiger partial charge on any atom is -0.344 e. The van der Waals surface area contributed by atoms with Crippen molar-refractivity contribution < 1.29 is 9.18 Å². The van der Waals surface area contributed by atoms with Gasteiger partial charge in [-0.25, -0.2) is 4.39 Å². The minimum absolute atomic E-state index is 0.139. The van der Waals surface area contributed by atoms with E-state index >= 15 is 0 Å². The molecule has 33 heavy (non-hydrogen) atoms. The summed E-state index contributed by atoms with van der Waals surface area (Å²) < 4.78 is 15.7. The van der Waals surface area contributed by atoms with Crippen molar-refractivity contribution in [3.05, 3.63) is 71.2 Å². The van der Waals surface area contributed by atoms with Crippen LogP contribution in [0.15, 0.2) is 48.5 Å². The second kappa shape index (κ2) is 10.5. The van der Waals surface area contributed by atoms with Gasteiger partial charge in [0.2, 0.25) is 0 Å². The van der Waals surface area contributed by atoms with E-state index in [1.807, 2.05) is 17.0 Å². The largest absolute Gasteiger partial charge is 0.344 e. The number of fused-ring (bicyclic) bond motifs is 1. The Morgan fingerprint density at radius 1 is 1.00 bits per heavy atom. The number of rotatable bonds is 8. The van der Waals surface area contributed by atoms with E-state index in [-0.39, 0.29) is 11.7 Å². The number of hydrogen-bond donors (Lipinski definition) is 0. The highest BCUT2D eigenvalue weighted by molar-refractivity contribution is 6.08. The van der Waals surface area contributed by atoms with E-state index in [0.717, 1.165) is 86.4 Å². The van der Waals surface area contributed by atoms with E-state index in [4.69, 9.17) is 0 Å². The van der Waals surface area contributed by atoms with Crippen LogP contribution in [-0.2, 0) is 13.0 Å². The summed E-state index contributed by atoms with van der Waals surface area (Å²) in [5, 5.41) is 1.05. The Balaban J connectivity index is 1.42. The summed E-state index contributed by atoms with van der Waals surface area (Å²) in [7, 11) is 4.18. The molecule has 176 valence electrons. The molecule has 6 heteroatoms. The number of halogens is 1. The fourth-order valence-corrected chi connectivity index (χ4v) is 4.85. The van der Waals surface area contributed by atoms with Gasteiger partial charge in [-0.3, -0.25) is 9.69 Å². The number of aromatic nitrogens is 1. The zero-order chi connectivity index (χ0) is 23.4. The average molecular weight is 451 g/mol. The molecule has 4 rings (SSSR count). The van der Waals surface area contributed by atoms with Gasteiger partial charge < -0.3 is 14.4 Å². The Bertz CT molecular complexity index is 1100. The number of piperazine rings is 1. The smallest absolute Gasteiger partial charge is 0.256 e. The Morgan fingerprint density at radius 2 is 1.76 bits per heavy atom. The third kappa shape index (κ3) is 5.45. The predicted molar refractivity (Wildman–Crippen MR) is 132 cm³/mol. The first-order chi connectivity index (χ1) is 15.9. The highest BCUT2D eigenvalue weighted by atomic mass is 19.1. The van der Waals surface area contributed by atoms with Crippen LogP contribution in [0.25, 0.3) is 10.9 Å². The number of benzene rings is 2. The molecule has 1 amide bonds. The maximum Gasteiger partial charge on any atom is 0.256 e. The molecule has 1 aliphatic rings. The molecule has 1 aromatic heterocycles. The molecule has 3 aromatic rings. The Hall–Kier alpha value is -2.70. The fourth-order valence-electron chi connectivity index (χ4n) is 4.85. The Morgan fingerprint density at radius 3 is 2.48 bits per heavy atom. The summed E-state index contributed by atoms with van der Waals surface area (Å²) >= 11 is 0. The molecule has 0 saturated carbocycles. The first-order valence-electron chi connectivity index (χ1n) is 11.9. The maximum absolute atomic E-state index is 13.6. The molecular formula is C27H35FN4O. The molecule has 0 atom stereocenters. The second-order valence-corrected chi connectivity index (χ2v) is 9.30. The van der Waals surface area contributed by atoms with Crippen molar-refractivity contribution in [2.24, 2.45) is 0 Å². The van der Waals surface area contributed by atoms with Crippen LogP contribution in [0, 0.1) is 12.7 Å². The van der Waals surface area contributed by atoms with Crippen molar-refractivity contribution in [1.29, 1.82) is 0 Å². The standard InChI is InChI=1S/C27H35FN4O/c1-21-26(24-10-4-5-11-25(24)32(21)14-7-13-29(2)3)27(33)31-18-16-30(17-19-31)15-12-22-8-6-9-23(28)20-22/h4-6,8-11,20H,7,12-19H2,1-3H3. The zero-order valence-corrected chi connectivity index (χ0v) is 20.1. The third-order valence-electron chi connectivity index (χ3n) is 6.70. The van der Waals surface area contributed by atoms with Crippen LogP contribution < -0.4 is 0 Å². The third-order valence-corrected chi connectivity index (χ3v) is 6.70. The summed E-state index contributed by atoms with van der Waals surface area (Å²) in [5.41, 5.74) is 4.08. The van der Waals surface area contributed by atoms with Crippen LogP contribution in [0.4, 0.5) is 4.39 Å². The van der Waals surface area contributed by atoms with Gasteiger partial charge in [0.05, 0.1) is 5.56 Å². The summed E-state index contributed by atoms with van der Waals surface area (Å²) in [6.07, 6.45) is 1.87. The van der Waals surface area contributed by atoms with Crippen LogP contribution >= 0.6 is 0 Å². The van der Waals surface area contributed by atoms with Gasteiger partial charge in [-0.2, -0.15) is 0 Å². The molecule has 1 saturated heterocycles. The molecule has 1 aliphatic heterocycles. The SMILES string of the molecule is Cc1c(C(=O)N2CCN(CCc3cccc(F)c3)CC2)c2ccccc2n1CCCN(C)C. The number of amides is 1. The lowest BCUT2D eigenvalue weighted by molar-refractivity contribution is 0.0639. The molecule has 0 bridgehead atoms. The van der Waals surface area contributed by atoms with Crippen molar-refractivity contribution in [1.82, 2.24) is 19.3 Å². The summed E-state index contributed by atoms with van der Waals surface area (Å²) in [6.45, 7) is 8.04. The van der Waals surface area contributed by atoms with Crippen LogP contribution in [0.3, 0.4) is 0 Å². The highest BCUT2D eigenvalue weighted by Crippen LogP contribution is 2.28. The zero-order valence-electron chi connectivity index (χ0n) is 20.1. The Labute approximate surface area is 196 Å². The average Bonchev–Trinajstić information content (AvgIpc) is 3.09. The number of carbonyl (C=O) groups excluding carboxylic acids is 1. The first kappa shape index (κ1) is 23.5. The number of nitrogens with zero attached hydrogens (tertiary/aromatic N) is 4. The normalized spacial score (nSPS) is 15.0. The predicted octanol–water partition coefficient (Wildman–Crippen LogP) is 4.04. The minimum atomic E-state index is -0.181. The molecule has 0 unspecified atom stereocenters. The van der Waals surface area contributed by atoms with Gasteiger partial charge >= 0.3 is 0 Å². The lowest BCUT2D eigenvalue weighted by Gasteiger charge is -2.35. The van der Waals surface area contributed by atoms with Gasteiger partial charge in [-0.1, -0.05) is 30.3 Å². The van der Waals surface area contributed by atoms with Crippen molar-refractivity contribution in [3.8, 4) is 0 Å². The molecule has 2 heterocycles. The fraction of sp³-hybridized carbons (Fsp3) is 0.444. The molecule has 0 spiro atoms. The van der Waals surface area contributed by atoms with Crippen LogP contribution in [0.5, 0.6) is 0 Å². The van der Waals surface area contributed by atoms with E-state index in [1.165, 1.54) is 6.07 Å². The molecule has 5 nitrogen and oxygen atoms in total. The summed E-state index contributed by atoms with van der Waals surface area (Å²) in [4.78, 5) is 20.2. The monoisotopic (exact) mass is 450 g/mol. The number of hydrogen-bond acceptors (Lipinski definition) is 3. The van der Waals surface area contributed by atoms with Crippen molar-refractivity contribution in [2.75, 3.05) is 53.4 Å². The summed E-state index contributed by atoms with van der Waals surface area (Å²) in [5.74, 6) is -0.0426. The van der Waals surface area contributed by atoms with Crippen LogP contribution in [0.1, 0.15) is 28.0 Å². The van der Waals surface area contributed by atoms with Crippen molar-refractivity contribution in [2.45, 2.75) is 26.3 Å². The lowest BCUT2D eigenvalue weighted by Crippen LogP contribution is -2.49. The van der Waals surface area contributed by atoms with Gasteiger partial charge in [0.1, 0.15) is 5.82 Å².